The summed E-state index contributed by atoms with van der Waals surface area (Å²) in [5.41, 5.74) is 0. The highest BCUT2D eigenvalue weighted by molar-refractivity contribution is 7.84. The van der Waals surface area contributed by atoms with E-state index < -0.39 is 10.8 Å². The molecule has 0 N–H and O–H groups in total. The number of hydrogen-bond donors (Lipinski definition) is 0. The molecule has 0 saturated heterocycles. The van der Waals surface area contributed by atoms with E-state index >= 15 is 0 Å². The van der Waals surface area contributed by atoms with Gasteiger partial charge in [0.25, 0.3) is 0 Å². The van der Waals surface area contributed by atoms with Gasteiger partial charge in [-0.15, -0.1) is 0 Å². The van der Waals surface area contributed by atoms with Crippen molar-refractivity contribution in [3.63, 3.8) is 0 Å². The van der Waals surface area contributed by atoms with Crippen LogP contribution in [0.3, 0.4) is 0 Å². The van der Waals surface area contributed by atoms with Gasteiger partial charge in [0, 0.05) is 48.9 Å². The van der Waals surface area contributed by atoms with Gasteiger partial charge in [0.2, 0.25) is 0 Å². The molecule has 4 heteroatoms. The maximum Gasteiger partial charge on any atom is 0.132 e. The van der Waals surface area contributed by atoms with Crippen LogP contribution in [-0.4, -0.2) is 35.2 Å². The van der Waals surface area contributed by atoms with Gasteiger partial charge in [0.15, 0.2) is 0 Å². The Hall–Kier alpha value is -0.220. The summed E-state index contributed by atoms with van der Waals surface area (Å²) in [5, 5.41) is 0. The summed E-state index contributed by atoms with van der Waals surface area (Å²) in [7, 11) is 0.870. The summed E-state index contributed by atoms with van der Waals surface area (Å²) in [6.45, 7) is 2.53. The Labute approximate surface area is 88.7 Å². The van der Waals surface area contributed by atoms with E-state index in [0.717, 1.165) is 12.8 Å². The lowest BCUT2D eigenvalue weighted by Gasteiger charge is -2.01. The Morgan fingerprint density at radius 3 is 2.50 bits per heavy atom. The minimum absolute atomic E-state index is 0.263. The van der Waals surface area contributed by atoms with E-state index in [0.29, 0.717) is 31.0 Å². The molecule has 0 bridgehead atoms. The smallest absolute Gasteiger partial charge is 0.132 e. The number of Topliss-reactive ketones (excluding diaryl/α,β-unsaturated/α-hetero) is 1. The summed E-state index contributed by atoms with van der Waals surface area (Å²) >= 11 is 0. The molecule has 14 heavy (non-hydrogen) atoms. The van der Waals surface area contributed by atoms with E-state index in [1.807, 2.05) is 6.92 Å². The average molecular weight is 220 g/mol. The molecule has 0 rings (SSSR count). The number of carbonyl (C=O) groups excluding carboxylic acids is 1. The van der Waals surface area contributed by atoms with Gasteiger partial charge >= 0.3 is 0 Å². The maximum absolute atomic E-state index is 11.3. The third-order valence-corrected chi connectivity index (χ3v) is 3.43. The summed E-state index contributed by atoms with van der Waals surface area (Å²) in [4.78, 5) is 10.9. The first kappa shape index (κ1) is 13.8. The second kappa shape index (κ2) is 9.34. The van der Waals surface area contributed by atoms with E-state index in [-0.39, 0.29) is 5.78 Å². The minimum atomic E-state index is -0.772. The van der Waals surface area contributed by atoms with Crippen molar-refractivity contribution >= 4 is 16.6 Å². The van der Waals surface area contributed by atoms with Crippen LogP contribution in [0, 0.1) is 0 Å². The lowest BCUT2D eigenvalue weighted by Crippen LogP contribution is -2.07. The number of methoxy groups -OCH3 is 1. The molecule has 0 fully saturated rings. The van der Waals surface area contributed by atoms with Crippen molar-refractivity contribution in [2.75, 3.05) is 25.2 Å². The fraction of sp³-hybridized carbons (Fsp3) is 0.900. The van der Waals surface area contributed by atoms with E-state index in [1.54, 1.807) is 7.11 Å². The molecule has 0 aliphatic carbocycles. The SMILES string of the molecule is CCC(=O)CCCS(=O)CCCOC. The molecule has 0 aliphatic rings. The Morgan fingerprint density at radius 2 is 1.93 bits per heavy atom. The molecule has 0 saturated carbocycles. The summed E-state index contributed by atoms with van der Waals surface area (Å²) in [6.07, 6.45) is 2.76. The second-order valence-corrected chi connectivity index (χ2v) is 4.89. The highest BCUT2D eigenvalue weighted by atomic mass is 32.2. The zero-order valence-corrected chi connectivity index (χ0v) is 9.90. The number of carbonyl (C=O) groups is 1. The van der Waals surface area contributed by atoms with Gasteiger partial charge in [-0.1, -0.05) is 6.92 Å². The van der Waals surface area contributed by atoms with E-state index in [2.05, 4.69) is 0 Å². The Morgan fingerprint density at radius 1 is 1.29 bits per heavy atom. The van der Waals surface area contributed by atoms with Crippen molar-refractivity contribution in [1.29, 1.82) is 0 Å². The first-order chi connectivity index (χ1) is 6.70. The minimum Gasteiger partial charge on any atom is -0.385 e. The first-order valence-electron chi connectivity index (χ1n) is 5.06. The van der Waals surface area contributed by atoms with Crippen molar-refractivity contribution in [2.24, 2.45) is 0 Å². The molecule has 0 amide bonds. The zero-order chi connectivity index (χ0) is 10.8. The molecule has 0 spiro atoms. The predicted molar refractivity (Wildman–Crippen MR) is 58.9 cm³/mol. The molecule has 3 nitrogen and oxygen atoms in total. The van der Waals surface area contributed by atoms with Gasteiger partial charge in [0.1, 0.15) is 5.78 Å². The fourth-order valence-corrected chi connectivity index (χ4v) is 2.18. The summed E-state index contributed by atoms with van der Waals surface area (Å²) in [5.74, 6) is 1.60. The molecule has 1 atom stereocenters. The molecular weight excluding hydrogens is 200 g/mol. The molecule has 1 unspecified atom stereocenters. The van der Waals surface area contributed by atoms with E-state index in [4.69, 9.17) is 4.74 Å². The van der Waals surface area contributed by atoms with Crippen molar-refractivity contribution in [2.45, 2.75) is 32.6 Å². The van der Waals surface area contributed by atoms with Crippen molar-refractivity contribution < 1.29 is 13.7 Å². The normalized spacial score (nSPS) is 12.7. The Balaban J connectivity index is 3.31. The molecule has 84 valence electrons. The van der Waals surface area contributed by atoms with E-state index in [1.165, 1.54) is 0 Å². The van der Waals surface area contributed by atoms with Crippen LogP contribution in [0.2, 0.25) is 0 Å². The lowest BCUT2D eigenvalue weighted by molar-refractivity contribution is -0.118. The number of ether oxygens (including phenoxy) is 1. The molecule has 0 aromatic heterocycles. The average Bonchev–Trinajstić information content (AvgIpc) is 2.18. The molecule has 0 heterocycles. The van der Waals surface area contributed by atoms with Gasteiger partial charge in [-0.2, -0.15) is 0 Å². The van der Waals surface area contributed by atoms with Crippen LogP contribution in [0.15, 0.2) is 0 Å². The Kier molecular flexibility index (Phi) is 9.19. The molecule has 0 aromatic rings. The summed E-state index contributed by atoms with van der Waals surface area (Å²) < 4.78 is 16.2. The van der Waals surface area contributed by atoms with Crippen LogP contribution in [-0.2, 0) is 20.3 Å². The van der Waals surface area contributed by atoms with Gasteiger partial charge < -0.3 is 4.74 Å². The quantitative estimate of drug-likeness (QED) is 0.553. The summed E-state index contributed by atoms with van der Waals surface area (Å²) in [6, 6.07) is 0. The third-order valence-electron chi connectivity index (χ3n) is 1.94. The maximum atomic E-state index is 11.3. The van der Waals surface area contributed by atoms with Crippen LogP contribution in [0.25, 0.3) is 0 Å². The van der Waals surface area contributed by atoms with Crippen LogP contribution in [0.4, 0.5) is 0 Å². The molecule has 0 aromatic carbocycles. The largest absolute Gasteiger partial charge is 0.385 e. The molecule has 0 radical (unpaired) electrons. The third kappa shape index (κ3) is 8.38. The molecular formula is C10H20O3S. The lowest BCUT2D eigenvalue weighted by atomic mass is 10.2. The monoisotopic (exact) mass is 220 g/mol. The number of rotatable bonds is 9. The molecule has 0 aliphatic heterocycles. The second-order valence-electron chi connectivity index (χ2n) is 3.19. The van der Waals surface area contributed by atoms with Gasteiger partial charge in [0.05, 0.1) is 0 Å². The van der Waals surface area contributed by atoms with Crippen molar-refractivity contribution in [3.05, 3.63) is 0 Å². The standard InChI is InChI=1S/C10H20O3S/c1-3-10(11)6-4-8-14(12)9-5-7-13-2/h3-9H2,1-2H3. The Bertz CT molecular complexity index is 180. The first-order valence-corrected chi connectivity index (χ1v) is 6.55. The van der Waals surface area contributed by atoms with Crippen LogP contribution < -0.4 is 0 Å². The zero-order valence-electron chi connectivity index (χ0n) is 9.08. The van der Waals surface area contributed by atoms with Crippen LogP contribution >= 0.6 is 0 Å². The van der Waals surface area contributed by atoms with Gasteiger partial charge in [-0.3, -0.25) is 9.00 Å². The highest BCUT2D eigenvalue weighted by Gasteiger charge is 2.02. The fourth-order valence-electron chi connectivity index (χ4n) is 1.07. The number of ketones is 1. The number of hydrogen-bond acceptors (Lipinski definition) is 3. The predicted octanol–water partition coefficient (Wildman–Crippen LogP) is 1.53. The highest BCUT2D eigenvalue weighted by Crippen LogP contribution is 1.98. The van der Waals surface area contributed by atoms with Gasteiger partial charge in [-0.25, -0.2) is 0 Å². The van der Waals surface area contributed by atoms with Crippen molar-refractivity contribution in [3.8, 4) is 0 Å². The van der Waals surface area contributed by atoms with Crippen molar-refractivity contribution in [1.82, 2.24) is 0 Å². The topological polar surface area (TPSA) is 43.4 Å². The van der Waals surface area contributed by atoms with E-state index in [9.17, 15) is 9.00 Å². The van der Waals surface area contributed by atoms with Gasteiger partial charge in [-0.05, 0) is 12.8 Å². The van der Waals surface area contributed by atoms with Crippen LogP contribution in [0.5, 0.6) is 0 Å². The van der Waals surface area contributed by atoms with Crippen LogP contribution in [0.1, 0.15) is 32.6 Å².